The first-order valence-electron chi connectivity index (χ1n) is 6.66. The molecule has 2 rings (SSSR count). The van der Waals surface area contributed by atoms with Crippen molar-refractivity contribution < 1.29 is 9.53 Å². The number of aryl methyl sites for hydroxylation is 1. The monoisotopic (exact) mass is 250 g/mol. The molecule has 0 aromatic carbocycles. The maximum atomic E-state index is 11.2. The van der Waals surface area contributed by atoms with E-state index in [9.17, 15) is 4.79 Å². The van der Waals surface area contributed by atoms with Crippen LogP contribution < -0.4 is 0 Å². The predicted octanol–water partition coefficient (Wildman–Crippen LogP) is 2.58. The van der Waals surface area contributed by atoms with E-state index in [1.54, 1.807) is 0 Å². The summed E-state index contributed by atoms with van der Waals surface area (Å²) in [4.78, 5) is 11.2. The summed E-state index contributed by atoms with van der Waals surface area (Å²) in [5.74, 6) is 0.633. The molecule has 0 bridgehead atoms. The van der Waals surface area contributed by atoms with E-state index in [4.69, 9.17) is 0 Å². The average molecular weight is 250 g/mol. The molecule has 0 spiro atoms. The van der Waals surface area contributed by atoms with E-state index in [1.807, 2.05) is 6.92 Å². The predicted molar refractivity (Wildman–Crippen MR) is 69.5 cm³/mol. The number of carbonyl (C=O) groups is 1. The molecule has 0 amide bonds. The lowest BCUT2D eigenvalue weighted by Gasteiger charge is -2.13. The minimum atomic E-state index is -0.156. The van der Waals surface area contributed by atoms with Crippen LogP contribution in [-0.4, -0.2) is 22.9 Å². The molecule has 4 nitrogen and oxygen atoms in total. The van der Waals surface area contributed by atoms with Gasteiger partial charge in [-0.2, -0.15) is 5.10 Å². The van der Waals surface area contributed by atoms with Gasteiger partial charge in [-0.3, -0.25) is 9.48 Å². The van der Waals surface area contributed by atoms with Gasteiger partial charge in [-0.1, -0.05) is 0 Å². The van der Waals surface area contributed by atoms with Crippen molar-refractivity contribution in [2.45, 2.75) is 52.5 Å². The lowest BCUT2D eigenvalue weighted by atomic mass is 10.1. The Morgan fingerprint density at radius 3 is 2.72 bits per heavy atom. The van der Waals surface area contributed by atoms with Gasteiger partial charge in [0.25, 0.3) is 0 Å². The Balaban J connectivity index is 2.12. The summed E-state index contributed by atoms with van der Waals surface area (Å²) in [6, 6.07) is 0.482. The molecular formula is C14H22N2O2. The second-order valence-corrected chi connectivity index (χ2v) is 5.25. The van der Waals surface area contributed by atoms with Crippen molar-refractivity contribution in [3.63, 3.8) is 0 Å². The van der Waals surface area contributed by atoms with Crippen LogP contribution in [0.2, 0.25) is 0 Å². The number of hydrogen-bond acceptors (Lipinski definition) is 3. The van der Waals surface area contributed by atoms with E-state index in [0.717, 1.165) is 18.0 Å². The van der Waals surface area contributed by atoms with Gasteiger partial charge in [-0.05, 0) is 51.5 Å². The molecule has 1 saturated carbocycles. The smallest absolute Gasteiger partial charge is 0.305 e. The third-order valence-electron chi connectivity index (χ3n) is 3.97. The molecule has 4 heteroatoms. The molecule has 0 N–H and O–H groups in total. The zero-order valence-electron chi connectivity index (χ0n) is 11.7. The summed E-state index contributed by atoms with van der Waals surface area (Å²) < 4.78 is 6.83. The van der Waals surface area contributed by atoms with Crippen LogP contribution >= 0.6 is 0 Å². The van der Waals surface area contributed by atoms with Crippen LogP contribution in [0.25, 0.3) is 0 Å². The highest BCUT2D eigenvalue weighted by Gasteiger charge is 2.31. The number of esters is 1. The maximum absolute atomic E-state index is 11.2. The van der Waals surface area contributed by atoms with Gasteiger partial charge in [-0.15, -0.1) is 0 Å². The number of nitrogens with zero attached hydrogens (tertiary/aromatic N) is 2. The van der Waals surface area contributed by atoms with Crippen molar-refractivity contribution in [2.24, 2.45) is 5.92 Å². The third kappa shape index (κ3) is 2.57. The molecule has 1 aliphatic carbocycles. The molecule has 100 valence electrons. The minimum Gasteiger partial charge on any atom is -0.469 e. The highest BCUT2D eigenvalue weighted by Crippen LogP contribution is 2.40. The van der Waals surface area contributed by atoms with Gasteiger partial charge in [-0.25, -0.2) is 0 Å². The van der Waals surface area contributed by atoms with E-state index in [-0.39, 0.29) is 5.97 Å². The fraction of sp³-hybridized carbons (Fsp3) is 0.714. The molecule has 1 aliphatic rings. The van der Waals surface area contributed by atoms with Crippen LogP contribution in [0.1, 0.15) is 49.2 Å². The Bertz CT molecular complexity index is 447. The van der Waals surface area contributed by atoms with Gasteiger partial charge in [0.15, 0.2) is 0 Å². The molecule has 0 radical (unpaired) electrons. The first-order chi connectivity index (χ1) is 8.54. The van der Waals surface area contributed by atoms with Gasteiger partial charge in [0.1, 0.15) is 0 Å². The van der Waals surface area contributed by atoms with E-state index in [0.29, 0.717) is 12.5 Å². The molecule has 18 heavy (non-hydrogen) atoms. The van der Waals surface area contributed by atoms with Crippen molar-refractivity contribution in [2.75, 3.05) is 7.11 Å². The Morgan fingerprint density at radius 2 is 2.17 bits per heavy atom. The van der Waals surface area contributed by atoms with Crippen molar-refractivity contribution in [1.82, 2.24) is 9.78 Å². The summed E-state index contributed by atoms with van der Waals surface area (Å²) in [5.41, 5.74) is 3.45. The van der Waals surface area contributed by atoms with Crippen LogP contribution in [-0.2, 0) is 16.0 Å². The normalized spacial score (nSPS) is 16.7. The summed E-state index contributed by atoms with van der Waals surface area (Å²) in [6.07, 6.45) is 3.79. The average Bonchev–Trinajstić information content (AvgIpc) is 3.15. The molecule has 1 heterocycles. The largest absolute Gasteiger partial charge is 0.469 e. The fourth-order valence-electron chi connectivity index (χ4n) is 2.56. The van der Waals surface area contributed by atoms with Crippen LogP contribution in [0.5, 0.6) is 0 Å². The lowest BCUT2D eigenvalue weighted by Crippen LogP contribution is -2.11. The van der Waals surface area contributed by atoms with Gasteiger partial charge in [0.05, 0.1) is 18.8 Å². The lowest BCUT2D eigenvalue weighted by molar-refractivity contribution is -0.140. The van der Waals surface area contributed by atoms with Crippen molar-refractivity contribution in [1.29, 1.82) is 0 Å². The van der Waals surface area contributed by atoms with Crippen LogP contribution in [0, 0.1) is 19.8 Å². The van der Waals surface area contributed by atoms with E-state index in [2.05, 4.69) is 28.4 Å². The molecule has 1 aromatic rings. The summed E-state index contributed by atoms with van der Waals surface area (Å²) >= 11 is 0. The Morgan fingerprint density at radius 1 is 1.50 bits per heavy atom. The van der Waals surface area contributed by atoms with Crippen LogP contribution in [0.3, 0.4) is 0 Å². The summed E-state index contributed by atoms with van der Waals surface area (Å²) in [5, 5.41) is 4.64. The summed E-state index contributed by atoms with van der Waals surface area (Å²) in [6.45, 7) is 6.36. The van der Waals surface area contributed by atoms with Gasteiger partial charge in [0, 0.05) is 12.1 Å². The first kappa shape index (κ1) is 13.1. The second-order valence-electron chi connectivity index (χ2n) is 5.25. The SMILES string of the molecule is COC(=O)CCc1c(C)nn(C(C)C2CC2)c1C. The number of rotatable bonds is 5. The van der Waals surface area contributed by atoms with Gasteiger partial charge < -0.3 is 4.74 Å². The standard InChI is InChI=1S/C14H22N2O2/c1-9-13(7-8-14(17)18-4)11(3)16(15-9)10(2)12-5-6-12/h10,12H,5-8H2,1-4H3. The third-order valence-corrected chi connectivity index (χ3v) is 3.97. The molecule has 0 aliphatic heterocycles. The topological polar surface area (TPSA) is 44.1 Å². The molecule has 1 atom stereocenters. The number of hydrogen-bond donors (Lipinski definition) is 0. The van der Waals surface area contributed by atoms with E-state index < -0.39 is 0 Å². The summed E-state index contributed by atoms with van der Waals surface area (Å²) in [7, 11) is 1.43. The zero-order chi connectivity index (χ0) is 13.3. The van der Waals surface area contributed by atoms with Crippen LogP contribution in [0.15, 0.2) is 0 Å². The zero-order valence-corrected chi connectivity index (χ0v) is 11.7. The molecule has 1 aromatic heterocycles. The number of aromatic nitrogens is 2. The second kappa shape index (κ2) is 5.12. The van der Waals surface area contributed by atoms with E-state index in [1.165, 1.54) is 31.2 Å². The fourth-order valence-corrected chi connectivity index (χ4v) is 2.56. The molecular weight excluding hydrogens is 228 g/mol. The van der Waals surface area contributed by atoms with Crippen molar-refractivity contribution >= 4 is 5.97 Å². The Labute approximate surface area is 108 Å². The first-order valence-corrected chi connectivity index (χ1v) is 6.66. The quantitative estimate of drug-likeness (QED) is 0.754. The minimum absolute atomic E-state index is 0.156. The van der Waals surface area contributed by atoms with Gasteiger partial charge >= 0.3 is 5.97 Å². The maximum Gasteiger partial charge on any atom is 0.305 e. The molecule has 0 saturated heterocycles. The highest BCUT2D eigenvalue weighted by atomic mass is 16.5. The van der Waals surface area contributed by atoms with Crippen molar-refractivity contribution in [3.8, 4) is 0 Å². The van der Waals surface area contributed by atoms with Crippen molar-refractivity contribution in [3.05, 3.63) is 17.0 Å². The van der Waals surface area contributed by atoms with Crippen LogP contribution in [0.4, 0.5) is 0 Å². The molecule has 1 fully saturated rings. The molecule has 1 unspecified atom stereocenters. The highest BCUT2D eigenvalue weighted by molar-refractivity contribution is 5.69. The number of ether oxygens (including phenoxy) is 1. The van der Waals surface area contributed by atoms with Gasteiger partial charge in [0.2, 0.25) is 0 Å². The number of methoxy groups -OCH3 is 1. The Kier molecular flexibility index (Phi) is 3.73. The number of carbonyl (C=O) groups excluding carboxylic acids is 1. The Hall–Kier alpha value is -1.32. The van der Waals surface area contributed by atoms with E-state index >= 15 is 0 Å².